The number of alkyl halides is 1. The van der Waals surface area contributed by atoms with E-state index in [1.54, 1.807) is 4.68 Å². The average Bonchev–Trinajstić information content (AvgIpc) is 2.58. The summed E-state index contributed by atoms with van der Waals surface area (Å²) >= 11 is 5.98. The number of nitrogens with one attached hydrogen (secondary N) is 1. The van der Waals surface area contributed by atoms with E-state index in [0.29, 0.717) is 0 Å². The Morgan fingerprint density at radius 2 is 2.43 bits per heavy atom. The van der Waals surface area contributed by atoms with Crippen molar-refractivity contribution in [1.29, 1.82) is 0 Å². The van der Waals surface area contributed by atoms with E-state index in [0.717, 1.165) is 31.6 Å². The van der Waals surface area contributed by atoms with Crippen molar-refractivity contribution in [3.8, 4) is 0 Å². The van der Waals surface area contributed by atoms with Crippen molar-refractivity contribution in [2.75, 3.05) is 6.54 Å². The lowest BCUT2D eigenvalue weighted by Gasteiger charge is -2.05. The molecular weight excluding hydrogens is 200 g/mol. The molecule has 0 fully saturated rings. The lowest BCUT2D eigenvalue weighted by atomic mass is 10.2. The smallest absolute Gasteiger partial charge is 0.0964 e. The minimum atomic E-state index is 0.282. The van der Waals surface area contributed by atoms with E-state index in [1.165, 1.54) is 0 Å². The first-order valence-electron chi connectivity index (χ1n) is 4.92. The largest absolute Gasteiger partial charge is 0.311 e. The molecule has 0 radical (unpaired) electrons. The van der Waals surface area contributed by atoms with Gasteiger partial charge in [0, 0.05) is 25.2 Å². The van der Waals surface area contributed by atoms with E-state index < -0.39 is 0 Å². The Kier molecular flexibility index (Phi) is 4.90. The van der Waals surface area contributed by atoms with Crippen LogP contribution >= 0.6 is 11.6 Å². The number of hydrogen-bond acceptors (Lipinski definition) is 3. The van der Waals surface area contributed by atoms with Gasteiger partial charge in [-0.1, -0.05) is 12.1 Å². The van der Waals surface area contributed by atoms with Crippen LogP contribution in [0.1, 0.15) is 25.5 Å². The van der Waals surface area contributed by atoms with Crippen molar-refractivity contribution < 1.29 is 0 Å². The molecule has 80 valence electrons. The Labute approximate surface area is 89.6 Å². The summed E-state index contributed by atoms with van der Waals surface area (Å²) in [6.07, 6.45) is 3.93. The van der Waals surface area contributed by atoms with Gasteiger partial charge in [0.2, 0.25) is 0 Å². The molecule has 0 amide bonds. The Morgan fingerprint density at radius 3 is 3.00 bits per heavy atom. The number of hydrogen-bond donors (Lipinski definition) is 1. The molecular formula is C9H17ClN4. The summed E-state index contributed by atoms with van der Waals surface area (Å²) in [5, 5.41) is 11.4. The van der Waals surface area contributed by atoms with Gasteiger partial charge in [-0.15, -0.1) is 16.7 Å². The van der Waals surface area contributed by atoms with E-state index >= 15 is 0 Å². The number of nitrogens with zero attached hydrogens (tertiary/aromatic N) is 3. The van der Waals surface area contributed by atoms with Gasteiger partial charge in [-0.05, 0) is 19.4 Å². The van der Waals surface area contributed by atoms with Crippen LogP contribution in [-0.4, -0.2) is 26.9 Å². The lowest BCUT2D eigenvalue weighted by molar-refractivity contribution is 0.614. The number of aryl methyl sites for hydroxylation is 1. The summed E-state index contributed by atoms with van der Waals surface area (Å²) in [6.45, 7) is 3.79. The molecule has 1 aromatic heterocycles. The van der Waals surface area contributed by atoms with Gasteiger partial charge in [-0.2, -0.15) is 0 Å². The summed E-state index contributed by atoms with van der Waals surface area (Å²) in [5.41, 5.74) is 0.968. The standard InChI is InChI=1S/C9H17ClN4/c1-3-8(10)4-5-11-6-9-7-14(2)13-12-9/h7-8,11H,3-6H2,1-2H3. The van der Waals surface area contributed by atoms with Crippen LogP contribution in [0.5, 0.6) is 0 Å². The van der Waals surface area contributed by atoms with Gasteiger partial charge in [0.05, 0.1) is 5.69 Å². The van der Waals surface area contributed by atoms with E-state index in [-0.39, 0.29) is 5.38 Å². The molecule has 1 unspecified atom stereocenters. The minimum absolute atomic E-state index is 0.282. The fourth-order valence-corrected chi connectivity index (χ4v) is 1.26. The van der Waals surface area contributed by atoms with Gasteiger partial charge in [0.25, 0.3) is 0 Å². The second-order valence-electron chi connectivity index (χ2n) is 3.35. The first-order chi connectivity index (χ1) is 6.72. The van der Waals surface area contributed by atoms with Crippen LogP contribution in [0.15, 0.2) is 6.20 Å². The summed E-state index contributed by atoms with van der Waals surface area (Å²) in [7, 11) is 1.86. The van der Waals surface area contributed by atoms with Crippen LogP contribution in [-0.2, 0) is 13.6 Å². The molecule has 1 aromatic rings. The predicted octanol–water partition coefficient (Wildman–Crippen LogP) is 1.31. The fraction of sp³-hybridized carbons (Fsp3) is 0.778. The number of halogens is 1. The summed E-state index contributed by atoms with van der Waals surface area (Å²) in [4.78, 5) is 0. The van der Waals surface area contributed by atoms with E-state index in [4.69, 9.17) is 11.6 Å². The molecule has 5 heteroatoms. The zero-order valence-electron chi connectivity index (χ0n) is 8.70. The van der Waals surface area contributed by atoms with Crippen molar-refractivity contribution in [3.63, 3.8) is 0 Å². The monoisotopic (exact) mass is 216 g/mol. The van der Waals surface area contributed by atoms with Gasteiger partial charge >= 0.3 is 0 Å². The zero-order chi connectivity index (χ0) is 10.4. The van der Waals surface area contributed by atoms with Crippen LogP contribution in [0.25, 0.3) is 0 Å². The second-order valence-corrected chi connectivity index (χ2v) is 3.97. The highest BCUT2D eigenvalue weighted by Gasteiger charge is 2.01. The minimum Gasteiger partial charge on any atom is -0.311 e. The van der Waals surface area contributed by atoms with Gasteiger partial charge in [0.1, 0.15) is 0 Å². The third-order valence-electron chi connectivity index (χ3n) is 2.03. The van der Waals surface area contributed by atoms with Gasteiger partial charge in [-0.25, -0.2) is 0 Å². The molecule has 1 atom stereocenters. The Hall–Kier alpha value is -0.610. The van der Waals surface area contributed by atoms with Crippen LogP contribution in [0.2, 0.25) is 0 Å². The maximum absolute atomic E-state index is 5.98. The fourth-order valence-electron chi connectivity index (χ4n) is 1.16. The topological polar surface area (TPSA) is 42.7 Å². The Morgan fingerprint density at radius 1 is 1.64 bits per heavy atom. The normalized spacial score (nSPS) is 13.1. The quantitative estimate of drug-likeness (QED) is 0.576. The molecule has 0 spiro atoms. The second kappa shape index (κ2) is 5.98. The van der Waals surface area contributed by atoms with Crippen molar-refractivity contribution in [1.82, 2.24) is 20.3 Å². The molecule has 0 aliphatic rings. The first kappa shape index (κ1) is 11.5. The third kappa shape index (κ3) is 4.07. The van der Waals surface area contributed by atoms with Crippen molar-refractivity contribution in [2.45, 2.75) is 31.7 Å². The van der Waals surface area contributed by atoms with Crippen LogP contribution in [0.3, 0.4) is 0 Å². The van der Waals surface area contributed by atoms with E-state index in [9.17, 15) is 0 Å². The zero-order valence-corrected chi connectivity index (χ0v) is 9.46. The Balaban J connectivity index is 2.10. The van der Waals surface area contributed by atoms with Gasteiger partial charge in [-0.3, -0.25) is 4.68 Å². The van der Waals surface area contributed by atoms with E-state index in [2.05, 4.69) is 22.6 Å². The maximum atomic E-state index is 5.98. The van der Waals surface area contributed by atoms with Crippen molar-refractivity contribution in [3.05, 3.63) is 11.9 Å². The highest BCUT2D eigenvalue weighted by atomic mass is 35.5. The molecule has 0 bridgehead atoms. The van der Waals surface area contributed by atoms with Gasteiger partial charge < -0.3 is 5.32 Å². The number of rotatable bonds is 6. The third-order valence-corrected chi connectivity index (χ3v) is 2.56. The SMILES string of the molecule is CCC(Cl)CCNCc1cn(C)nn1. The van der Waals surface area contributed by atoms with E-state index in [1.807, 2.05) is 13.2 Å². The van der Waals surface area contributed by atoms with Crippen LogP contribution in [0, 0.1) is 0 Å². The molecule has 0 aliphatic heterocycles. The highest BCUT2D eigenvalue weighted by molar-refractivity contribution is 6.20. The van der Waals surface area contributed by atoms with Crippen LogP contribution in [0.4, 0.5) is 0 Å². The van der Waals surface area contributed by atoms with Crippen molar-refractivity contribution in [2.24, 2.45) is 7.05 Å². The molecule has 0 saturated heterocycles. The molecule has 14 heavy (non-hydrogen) atoms. The molecule has 0 aliphatic carbocycles. The molecule has 0 aromatic carbocycles. The molecule has 1 N–H and O–H groups in total. The van der Waals surface area contributed by atoms with Crippen LogP contribution < -0.4 is 5.32 Å². The molecule has 4 nitrogen and oxygen atoms in total. The van der Waals surface area contributed by atoms with Crippen molar-refractivity contribution >= 4 is 11.6 Å². The van der Waals surface area contributed by atoms with Gasteiger partial charge in [0.15, 0.2) is 0 Å². The highest BCUT2D eigenvalue weighted by Crippen LogP contribution is 2.04. The molecule has 0 saturated carbocycles. The molecule has 1 heterocycles. The Bertz CT molecular complexity index is 261. The lowest BCUT2D eigenvalue weighted by Crippen LogP contribution is -2.17. The predicted molar refractivity (Wildman–Crippen MR) is 57.3 cm³/mol. The summed E-state index contributed by atoms with van der Waals surface area (Å²) in [5.74, 6) is 0. The molecule has 1 rings (SSSR count). The summed E-state index contributed by atoms with van der Waals surface area (Å²) in [6, 6.07) is 0. The first-order valence-corrected chi connectivity index (χ1v) is 5.36. The maximum Gasteiger partial charge on any atom is 0.0964 e. The number of aromatic nitrogens is 3. The summed E-state index contributed by atoms with van der Waals surface area (Å²) < 4.78 is 1.70. The average molecular weight is 217 g/mol.